The molecule has 0 spiro atoms. The van der Waals surface area contributed by atoms with Gasteiger partial charge in [0.15, 0.2) is 11.6 Å². The number of thiol groups is 1. The minimum Gasteiger partial charge on any atom is -1.00 e. The van der Waals surface area contributed by atoms with Crippen LogP contribution in [0.5, 0.6) is 11.5 Å². The van der Waals surface area contributed by atoms with Crippen LogP contribution in [0.25, 0.3) is 48.0 Å². The number of ether oxygens (including phenoxy) is 2. The van der Waals surface area contributed by atoms with Crippen LogP contribution in [0.2, 0.25) is 0 Å². The standard InChI is InChI=1S/C15H10BrFOS.C15H10BrFS.C15H13FOS.C15H11FS.C8H6BrFO.C7H8O2.C7H8S.C4H10O.C2H4BrNO.BF3.Na.H/c1-9-2-7-12-13(8-9)19(18)15(16)14(12)10-3-5-11(17)6-4-10;1-9-2-7-12-13(8-9)18-15(16)14(12)10-3-5-11(17)6-4-10;1-11-3-2-4-14(9-11)18-10-15(17)12-5-7-13(16)8-6-12;1-10-2-7-13-14(9-17-15(13)8-10)11-3-5-12(16)6-4-11;9-5-8(11)6-1-3-7(10)4-2-6;1-9-7-4-2-6(8)3-5-7;1-6-3-2-4-7(8)5-6;1-3-5-4-2;1-2(5)4-3;2-1(3)4;;/h2-8H,1H3;2-8H,1H3;2-9H,10H2,1H3;2-9H,1H3;1-4H,5H2;2-5,8H,1H3;2-5,8H,1H3;3-4H2,1-2H3;1H3,(H,4,5);;;/q;;;;;;;;;;+1;-1. The van der Waals surface area contributed by atoms with Gasteiger partial charge in [0.25, 0.3) is 0 Å². The van der Waals surface area contributed by atoms with E-state index in [0.717, 1.165) is 76.4 Å². The van der Waals surface area contributed by atoms with Crippen molar-refractivity contribution in [2.75, 3.05) is 31.4 Å². The number of nitrogens with one attached hydrogen (secondary N) is 1. The zero-order chi connectivity index (χ0) is 84.0. The number of benzene rings is 11. The number of aromatic hydroxyl groups is 1. The van der Waals surface area contributed by atoms with Gasteiger partial charge in [0.05, 0.1) is 41.5 Å². The fourth-order valence-corrected chi connectivity index (χ4v) is 16.8. The second-order valence-electron chi connectivity index (χ2n) is 24.2. The Morgan fingerprint density at radius 1 is 0.557 bits per heavy atom. The summed E-state index contributed by atoms with van der Waals surface area (Å²) in [6.45, 7) is 17.3. The first-order valence-corrected chi connectivity index (χ1v) is 42.3. The zero-order valence-corrected chi connectivity index (χ0v) is 76.7. The number of methoxy groups -OCH3 is 1. The van der Waals surface area contributed by atoms with Crippen LogP contribution in [0, 0.1) is 63.7 Å². The fraction of sp³-hybridized carbons (Fsp3) is 0.148. The van der Waals surface area contributed by atoms with Crippen LogP contribution in [0.4, 0.5) is 34.9 Å². The van der Waals surface area contributed by atoms with Gasteiger partial charge < -0.3 is 16.0 Å². The summed E-state index contributed by atoms with van der Waals surface area (Å²) in [5.74, 6) is -0.0260. The van der Waals surface area contributed by atoms with Gasteiger partial charge >= 0.3 is 37.1 Å². The van der Waals surface area contributed by atoms with Crippen molar-refractivity contribution >= 4 is 173 Å². The molecule has 13 aromatic rings. The molecule has 1 atom stereocenters. The van der Waals surface area contributed by atoms with Crippen LogP contribution in [-0.2, 0) is 20.3 Å². The van der Waals surface area contributed by atoms with Crippen LogP contribution < -0.4 is 38.6 Å². The van der Waals surface area contributed by atoms with Gasteiger partial charge in [-0.1, -0.05) is 124 Å². The summed E-state index contributed by atoms with van der Waals surface area (Å²) in [6.07, 6.45) is 0. The number of amides is 1. The monoisotopic (exact) mass is 1930 g/mol. The number of thioether (sulfide) groups is 1. The third kappa shape index (κ3) is 35.4. The number of aryl methyl sites for hydroxylation is 5. The summed E-state index contributed by atoms with van der Waals surface area (Å²) in [6, 6.07) is 72.1. The van der Waals surface area contributed by atoms with Crippen molar-refractivity contribution in [1.29, 1.82) is 0 Å². The molecule has 8 nitrogen and oxygen atoms in total. The number of phenols is 1. The number of phenolic OH excluding ortho intramolecular Hbond substituents is 1. The Hall–Kier alpha value is -7.28. The van der Waals surface area contributed by atoms with Crippen molar-refractivity contribution in [2.24, 2.45) is 0 Å². The molecule has 1 aliphatic rings. The maximum atomic E-state index is 13.0. The summed E-state index contributed by atoms with van der Waals surface area (Å²) >= 11 is 21.9. The minimum atomic E-state index is -3.67. The molecule has 1 amide bonds. The number of rotatable bonds is 12. The molecular formula is C88H81BBr4F8NNaO7S5. The van der Waals surface area contributed by atoms with Crippen LogP contribution in [0.15, 0.2) is 276 Å². The minimum absolute atomic E-state index is 0. The van der Waals surface area contributed by atoms with Crippen molar-refractivity contribution in [1.82, 2.24) is 4.34 Å². The zero-order valence-electron chi connectivity index (χ0n) is 65.2. The van der Waals surface area contributed by atoms with E-state index in [0.29, 0.717) is 20.7 Å². The Bertz CT molecular complexity index is 5240. The van der Waals surface area contributed by atoms with Crippen LogP contribution in [-0.4, -0.2) is 65.7 Å². The molecule has 2 N–H and O–H groups in total. The maximum Gasteiger partial charge on any atom is 1.00 e. The first-order valence-electron chi connectivity index (χ1n) is 34.5. The number of hydrogen-bond acceptors (Lipinski definition) is 11. The number of halogens is 12. The van der Waals surface area contributed by atoms with Gasteiger partial charge in [0.2, 0.25) is 5.91 Å². The summed E-state index contributed by atoms with van der Waals surface area (Å²) in [7, 11) is -3.26. The normalized spacial score (nSPS) is 11.1. The van der Waals surface area contributed by atoms with Crippen molar-refractivity contribution < 1.29 is 99.1 Å². The van der Waals surface area contributed by atoms with E-state index < -0.39 is 18.3 Å². The quantitative estimate of drug-likeness (QED) is 0.0211. The van der Waals surface area contributed by atoms with Gasteiger partial charge in [-0.25, -0.2) is 26.2 Å². The molecule has 2 aromatic heterocycles. The van der Waals surface area contributed by atoms with Crippen LogP contribution in [0.1, 0.15) is 81.9 Å². The van der Waals surface area contributed by atoms with Gasteiger partial charge in [-0.2, -0.15) is 0 Å². The Morgan fingerprint density at radius 3 is 1.44 bits per heavy atom. The number of alkyl halides is 1. The maximum absolute atomic E-state index is 13.0. The molecule has 3 heterocycles. The molecule has 11 aromatic carbocycles. The Balaban J connectivity index is 0.000000345. The molecule has 115 heavy (non-hydrogen) atoms. The van der Waals surface area contributed by atoms with E-state index in [-0.39, 0.29) is 88.6 Å². The molecule has 1 unspecified atom stereocenters. The molecule has 0 bridgehead atoms. The number of carbonyl (C=O) groups excluding carboxylic acids is 3. The average Bonchev–Trinajstić information content (AvgIpc) is 1.62. The van der Waals surface area contributed by atoms with Crippen molar-refractivity contribution in [3.05, 3.63) is 341 Å². The number of Topliss-reactive ketones (excluding diaryl/α,β-unsaturated/α-hetero) is 2. The molecule has 598 valence electrons. The van der Waals surface area contributed by atoms with E-state index in [1.807, 2.05) is 113 Å². The third-order valence-electron chi connectivity index (χ3n) is 15.3. The van der Waals surface area contributed by atoms with Crippen molar-refractivity contribution in [3.8, 4) is 33.8 Å². The number of carbonyl (C=O) groups is 3. The summed E-state index contributed by atoms with van der Waals surface area (Å²) in [5.41, 5.74) is 14.3. The fourth-order valence-electron chi connectivity index (χ4n) is 9.92. The van der Waals surface area contributed by atoms with Gasteiger partial charge in [-0.05, 0) is 271 Å². The topological polar surface area (TPSA) is 119 Å². The Morgan fingerprint density at radius 2 is 0.991 bits per heavy atom. The van der Waals surface area contributed by atoms with E-state index in [1.54, 1.807) is 66.2 Å². The van der Waals surface area contributed by atoms with Gasteiger partial charge in [-0.3, -0.25) is 31.7 Å². The molecule has 0 aliphatic carbocycles. The van der Waals surface area contributed by atoms with E-state index >= 15 is 0 Å². The first kappa shape index (κ1) is 100. The largest absolute Gasteiger partial charge is 1.00 e. The number of hydrogen-bond donors (Lipinski definition) is 3. The molecule has 0 radical (unpaired) electrons. The van der Waals surface area contributed by atoms with Gasteiger partial charge in [-0.15, -0.1) is 47.1 Å². The summed E-state index contributed by atoms with van der Waals surface area (Å²) in [5, 5.41) is 13.7. The predicted molar refractivity (Wildman–Crippen MR) is 476 cm³/mol. The van der Waals surface area contributed by atoms with Crippen molar-refractivity contribution in [2.45, 2.75) is 70.1 Å². The number of thiophene rings is 2. The molecule has 14 rings (SSSR count). The van der Waals surface area contributed by atoms with E-state index in [4.69, 9.17) is 14.6 Å². The number of fused-ring (bicyclic) bond motifs is 3. The van der Waals surface area contributed by atoms with Crippen molar-refractivity contribution in [3.63, 3.8) is 0 Å². The molecule has 27 heteroatoms. The van der Waals surface area contributed by atoms with Crippen LogP contribution >= 0.6 is 111 Å². The molecule has 1 aliphatic heterocycles. The number of ketones is 2. The van der Waals surface area contributed by atoms with Crippen LogP contribution in [0.3, 0.4) is 0 Å². The molecule has 0 saturated heterocycles. The SMILES string of the molecule is CC(=O)NBr.CCOCC.COc1ccc(O)cc1.Cc1ccc2c(-c3ccc(F)cc3)c(Br)sc2c1.Cc1ccc2c(-c3ccc(F)cc3)csc2c1.Cc1ccc2c(c1)S(=O)C(Br)=C2c1ccc(F)cc1.Cc1cccc(S)c1.Cc1cccc(SCC(=O)c2ccc(F)cc2)c1.FB(F)F.O=C(CBr)c1ccc(F)cc1.[H-].[Na+]. The summed E-state index contributed by atoms with van der Waals surface area (Å²) in [4.78, 5) is 35.4. The second-order valence-corrected chi connectivity index (χ2v) is 32.7. The Kier molecular flexibility index (Phi) is 46.3. The van der Waals surface area contributed by atoms with Gasteiger partial charge in [0, 0.05) is 99.6 Å². The Labute approximate surface area is 744 Å². The van der Waals surface area contributed by atoms with Gasteiger partial charge in [0.1, 0.15) is 40.6 Å². The first-order chi connectivity index (χ1) is 54.4. The molecule has 0 saturated carbocycles. The molecule has 0 fully saturated rings. The second kappa shape index (κ2) is 53.2. The molecular weight excluding hydrogens is 1850 g/mol. The average molecular weight is 1930 g/mol. The summed E-state index contributed by atoms with van der Waals surface area (Å²) < 4.78 is 121. The predicted octanol–water partition coefficient (Wildman–Crippen LogP) is 24.8. The smallest absolute Gasteiger partial charge is 1.00 e. The van der Waals surface area contributed by atoms with E-state index in [1.165, 1.54) is 152 Å². The van der Waals surface area contributed by atoms with E-state index in [9.17, 15) is 53.5 Å². The van der Waals surface area contributed by atoms with E-state index in [2.05, 4.69) is 150 Å². The third-order valence-corrected chi connectivity index (χ3v) is 23.0.